The molecule has 0 aliphatic heterocycles. The first-order valence-corrected chi connectivity index (χ1v) is 7.17. The number of pyridine rings is 2. The van der Waals surface area contributed by atoms with Gasteiger partial charge in [0.2, 0.25) is 0 Å². The molecule has 0 aromatic carbocycles. The van der Waals surface area contributed by atoms with E-state index in [9.17, 15) is 0 Å². The molecule has 3 heterocycles. The standard InChI is InChI=1S/C15H12N4S/c1-2-8-17-13(3-1)14-4-5-15(19-18-14)20-11-12-6-9-16-10-7-12/h1-10H,11H2. The molecule has 0 spiro atoms. The highest BCUT2D eigenvalue weighted by molar-refractivity contribution is 7.98. The molecule has 0 unspecified atom stereocenters. The zero-order valence-electron chi connectivity index (χ0n) is 10.7. The molecule has 0 saturated heterocycles. The molecule has 3 aromatic rings. The minimum absolute atomic E-state index is 0.791. The van der Waals surface area contributed by atoms with Gasteiger partial charge in [0.25, 0.3) is 0 Å². The van der Waals surface area contributed by atoms with E-state index >= 15 is 0 Å². The fourth-order valence-corrected chi connectivity index (χ4v) is 2.45. The molecule has 0 aliphatic carbocycles. The van der Waals surface area contributed by atoms with Gasteiger partial charge in [0.05, 0.1) is 5.69 Å². The molecule has 98 valence electrons. The molecular weight excluding hydrogens is 268 g/mol. The van der Waals surface area contributed by atoms with Crippen LogP contribution in [0.15, 0.2) is 66.1 Å². The van der Waals surface area contributed by atoms with Crippen molar-refractivity contribution in [1.82, 2.24) is 20.2 Å². The maximum atomic E-state index is 4.26. The topological polar surface area (TPSA) is 51.6 Å². The number of aromatic nitrogens is 4. The third kappa shape index (κ3) is 3.19. The van der Waals surface area contributed by atoms with Crippen molar-refractivity contribution >= 4 is 11.8 Å². The van der Waals surface area contributed by atoms with Crippen LogP contribution in [0.3, 0.4) is 0 Å². The zero-order chi connectivity index (χ0) is 13.6. The molecule has 0 atom stereocenters. The molecule has 0 fully saturated rings. The van der Waals surface area contributed by atoms with E-state index in [-0.39, 0.29) is 0 Å². The summed E-state index contributed by atoms with van der Waals surface area (Å²) in [5, 5.41) is 9.35. The van der Waals surface area contributed by atoms with Crippen molar-refractivity contribution in [3.8, 4) is 11.4 Å². The van der Waals surface area contributed by atoms with E-state index in [4.69, 9.17) is 0 Å². The van der Waals surface area contributed by atoms with Crippen molar-refractivity contribution in [2.45, 2.75) is 10.8 Å². The van der Waals surface area contributed by atoms with Crippen molar-refractivity contribution in [3.63, 3.8) is 0 Å². The second-order valence-electron chi connectivity index (χ2n) is 4.12. The van der Waals surface area contributed by atoms with Crippen LogP contribution < -0.4 is 0 Å². The number of nitrogens with zero attached hydrogens (tertiary/aromatic N) is 4. The first-order chi connectivity index (χ1) is 9.92. The smallest absolute Gasteiger partial charge is 0.119 e. The Kier molecular flexibility index (Phi) is 3.99. The fourth-order valence-electron chi connectivity index (χ4n) is 1.68. The molecule has 0 saturated carbocycles. The van der Waals surface area contributed by atoms with Gasteiger partial charge in [-0.2, -0.15) is 0 Å². The van der Waals surface area contributed by atoms with Gasteiger partial charge in [0.15, 0.2) is 0 Å². The molecule has 20 heavy (non-hydrogen) atoms. The average molecular weight is 280 g/mol. The number of hydrogen-bond acceptors (Lipinski definition) is 5. The van der Waals surface area contributed by atoms with E-state index in [2.05, 4.69) is 20.2 Å². The maximum absolute atomic E-state index is 4.26. The summed E-state index contributed by atoms with van der Waals surface area (Å²) in [6.07, 6.45) is 5.35. The lowest BCUT2D eigenvalue weighted by Gasteiger charge is -2.02. The lowest BCUT2D eigenvalue weighted by Crippen LogP contribution is -1.91. The highest BCUT2D eigenvalue weighted by Crippen LogP contribution is 2.21. The Balaban J connectivity index is 1.68. The Bertz CT molecular complexity index is 656. The van der Waals surface area contributed by atoms with Crippen LogP contribution in [0, 0.1) is 0 Å². The van der Waals surface area contributed by atoms with Gasteiger partial charge in [-0.15, -0.1) is 10.2 Å². The van der Waals surface area contributed by atoms with E-state index < -0.39 is 0 Å². The Morgan fingerprint density at radius 3 is 2.40 bits per heavy atom. The highest BCUT2D eigenvalue weighted by Gasteiger charge is 2.02. The van der Waals surface area contributed by atoms with Crippen LogP contribution in [0.5, 0.6) is 0 Å². The van der Waals surface area contributed by atoms with Crippen molar-refractivity contribution in [2.24, 2.45) is 0 Å². The molecule has 4 nitrogen and oxygen atoms in total. The van der Waals surface area contributed by atoms with Gasteiger partial charge in [0.1, 0.15) is 10.7 Å². The molecule has 0 aliphatic rings. The summed E-state index contributed by atoms with van der Waals surface area (Å²) in [5.74, 6) is 0.861. The molecule has 3 rings (SSSR count). The SMILES string of the molecule is c1ccc(-c2ccc(SCc3ccncc3)nn2)nc1. The predicted molar refractivity (Wildman–Crippen MR) is 79.1 cm³/mol. The summed E-state index contributed by atoms with van der Waals surface area (Å²) >= 11 is 1.66. The Hall–Kier alpha value is -2.27. The molecule has 0 bridgehead atoms. The van der Waals surface area contributed by atoms with E-state index in [1.165, 1.54) is 5.56 Å². The predicted octanol–water partition coefficient (Wildman–Crippen LogP) is 3.23. The summed E-state index contributed by atoms with van der Waals surface area (Å²) < 4.78 is 0. The van der Waals surface area contributed by atoms with Crippen LogP contribution in [0.4, 0.5) is 0 Å². The Morgan fingerprint density at radius 1 is 0.800 bits per heavy atom. The van der Waals surface area contributed by atoms with E-state index in [1.807, 2.05) is 42.5 Å². The maximum Gasteiger partial charge on any atom is 0.119 e. The van der Waals surface area contributed by atoms with Crippen molar-refractivity contribution in [3.05, 3.63) is 66.6 Å². The van der Waals surface area contributed by atoms with Gasteiger partial charge < -0.3 is 0 Å². The third-order valence-corrected chi connectivity index (χ3v) is 3.69. The van der Waals surface area contributed by atoms with Gasteiger partial charge in [-0.3, -0.25) is 9.97 Å². The summed E-state index contributed by atoms with van der Waals surface area (Å²) in [5.41, 5.74) is 2.85. The van der Waals surface area contributed by atoms with E-state index in [0.717, 1.165) is 22.2 Å². The van der Waals surface area contributed by atoms with Crippen LogP contribution in [0.2, 0.25) is 0 Å². The van der Waals surface area contributed by atoms with E-state index in [1.54, 1.807) is 30.4 Å². The normalized spacial score (nSPS) is 10.4. The van der Waals surface area contributed by atoms with Crippen LogP contribution in [0.25, 0.3) is 11.4 Å². The number of rotatable bonds is 4. The van der Waals surface area contributed by atoms with Crippen molar-refractivity contribution in [1.29, 1.82) is 0 Å². The lowest BCUT2D eigenvalue weighted by molar-refractivity contribution is 0.931. The second kappa shape index (κ2) is 6.25. The van der Waals surface area contributed by atoms with Crippen LogP contribution >= 0.6 is 11.8 Å². The summed E-state index contributed by atoms with van der Waals surface area (Å²) in [7, 11) is 0. The van der Waals surface area contributed by atoms with Crippen LogP contribution in [-0.2, 0) is 5.75 Å². The number of thioether (sulfide) groups is 1. The minimum Gasteiger partial charge on any atom is -0.265 e. The van der Waals surface area contributed by atoms with Gasteiger partial charge in [-0.1, -0.05) is 17.8 Å². The summed E-state index contributed by atoms with van der Waals surface area (Å²) in [6, 6.07) is 13.7. The van der Waals surface area contributed by atoms with Crippen molar-refractivity contribution < 1.29 is 0 Å². The number of hydrogen-bond donors (Lipinski definition) is 0. The molecular formula is C15H12N4S. The first kappa shape index (κ1) is 12.7. The van der Waals surface area contributed by atoms with E-state index in [0.29, 0.717) is 0 Å². The first-order valence-electron chi connectivity index (χ1n) is 6.19. The third-order valence-electron chi connectivity index (χ3n) is 2.70. The molecule has 0 radical (unpaired) electrons. The Labute approximate surface area is 121 Å². The largest absolute Gasteiger partial charge is 0.265 e. The summed E-state index contributed by atoms with van der Waals surface area (Å²) in [4.78, 5) is 8.26. The Morgan fingerprint density at radius 2 is 1.70 bits per heavy atom. The van der Waals surface area contributed by atoms with Crippen LogP contribution in [0.1, 0.15) is 5.56 Å². The molecule has 3 aromatic heterocycles. The molecule has 5 heteroatoms. The quantitative estimate of drug-likeness (QED) is 0.687. The molecule has 0 N–H and O–H groups in total. The van der Waals surface area contributed by atoms with Gasteiger partial charge in [0, 0.05) is 24.3 Å². The van der Waals surface area contributed by atoms with Gasteiger partial charge in [-0.05, 0) is 42.0 Å². The van der Waals surface area contributed by atoms with Gasteiger partial charge in [-0.25, -0.2) is 0 Å². The van der Waals surface area contributed by atoms with Crippen molar-refractivity contribution in [2.75, 3.05) is 0 Å². The average Bonchev–Trinajstić information content (AvgIpc) is 2.55. The van der Waals surface area contributed by atoms with Crippen LogP contribution in [-0.4, -0.2) is 20.2 Å². The minimum atomic E-state index is 0.791. The van der Waals surface area contributed by atoms with Gasteiger partial charge >= 0.3 is 0 Å². The molecule has 0 amide bonds. The lowest BCUT2D eigenvalue weighted by atomic mass is 10.2. The summed E-state index contributed by atoms with van der Waals surface area (Å²) in [6.45, 7) is 0. The zero-order valence-corrected chi connectivity index (χ0v) is 11.5. The monoisotopic (exact) mass is 280 g/mol. The fraction of sp³-hybridized carbons (Fsp3) is 0.0667. The second-order valence-corrected chi connectivity index (χ2v) is 5.11. The highest BCUT2D eigenvalue weighted by atomic mass is 32.2.